The Kier molecular flexibility index (Phi) is 3.94. The van der Waals surface area contributed by atoms with E-state index in [0.717, 1.165) is 15.1 Å². The van der Waals surface area contributed by atoms with Gasteiger partial charge in [-0.15, -0.1) is 11.3 Å². The Morgan fingerprint density at radius 3 is 2.71 bits per heavy atom. The van der Waals surface area contributed by atoms with E-state index < -0.39 is 11.8 Å². The summed E-state index contributed by atoms with van der Waals surface area (Å²) in [5.74, 6) is -1.37. The summed E-state index contributed by atoms with van der Waals surface area (Å²) in [4.78, 5) is 28.8. The fraction of sp³-hybridized carbons (Fsp3) is 0.0714. The van der Waals surface area contributed by atoms with Gasteiger partial charge in [0.05, 0.1) is 16.8 Å². The number of para-hydroxylation sites is 1. The average Bonchev–Trinajstić information content (AvgIpc) is 3.13. The van der Waals surface area contributed by atoms with Crippen LogP contribution in [-0.4, -0.2) is 16.8 Å². The van der Waals surface area contributed by atoms with E-state index in [1.165, 1.54) is 22.7 Å². The van der Waals surface area contributed by atoms with Gasteiger partial charge in [0.1, 0.15) is 0 Å². The standard InChI is InChI=1S/C14H11N3O2S2/c18-12(15-8-9-4-3-7-20-9)13(19)17-14-16-10-5-1-2-6-11(10)21-14/h1-7H,8H2,(H,15,18)(H,16,17,19). The van der Waals surface area contributed by atoms with Gasteiger partial charge < -0.3 is 5.32 Å². The number of thiazole rings is 1. The SMILES string of the molecule is O=C(NCc1cccs1)C(=O)Nc1nc2ccccc2s1. The molecular formula is C14H11N3O2S2. The quantitative estimate of drug-likeness (QED) is 0.730. The van der Waals surface area contributed by atoms with Crippen molar-refractivity contribution in [1.82, 2.24) is 10.3 Å². The number of hydrogen-bond donors (Lipinski definition) is 2. The highest BCUT2D eigenvalue weighted by Crippen LogP contribution is 2.25. The maximum absolute atomic E-state index is 11.8. The molecule has 0 radical (unpaired) electrons. The van der Waals surface area contributed by atoms with Crippen LogP contribution >= 0.6 is 22.7 Å². The van der Waals surface area contributed by atoms with E-state index in [0.29, 0.717) is 11.7 Å². The van der Waals surface area contributed by atoms with Gasteiger partial charge in [0.15, 0.2) is 5.13 Å². The van der Waals surface area contributed by atoms with E-state index in [-0.39, 0.29) is 0 Å². The number of nitrogens with one attached hydrogen (secondary N) is 2. The number of nitrogens with zero attached hydrogens (tertiary/aromatic N) is 1. The molecule has 3 aromatic rings. The average molecular weight is 317 g/mol. The van der Waals surface area contributed by atoms with Crippen LogP contribution in [-0.2, 0) is 16.1 Å². The molecule has 0 aliphatic carbocycles. The highest BCUT2D eigenvalue weighted by molar-refractivity contribution is 7.22. The summed E-state index contributed by atoms with van der Waals surface area (Å²) in [5.41, 5.74) is 0.803. The molecule has 2 heterocycles. The minimum Gasteiger partial charge on any atom is -0.343 e. The molecule has 0 spiro atoms. The summed E-state index contributed by atoms with van der Waals surface area (Å²) < 4.78 is 0.965. The Hall–Kier alpha value is -2.25. The normalized spacial score (nSPS) is 10.5. The number of thiophene rings is 1. The van der Waals surface area contributed by atoms with Crippen molar-refractivity contribution in [2.45, 2.75) is 6.54 Å². The molecule has 0 atom stereocenters. The van der Waals surface area contributed by atoms with Crippen molar-refractivity contribution in [2.75, 3.05) is 5.32 Å². The van der Waals surface area contributed by atoms with E-state index >= 15 is 0 Å². The zero-order chi connectivity index (χ0) is 14.7. The number of carbonyl (C=O) groups excluding carboxylic acids is 2. The molecular weight excluding hydrogens is 306 g/mol. The number of carbonyl (C=O) groups is 2. The van der Waals surface area contributed by atoms with Crippen molar-refractivity contribution in [2.24, 2.45) is 0 Å². The van der Waals surface area contributed by atoms with E-state index in [1.807, 2.05) is 41.8 Å². The van der Waals surface area contributed by atoms with Gasteiger partial charge in [-0.2, -0.15) is 0 Å². The van der Waals surface area contributed by atoms with Crippen LogP contribution in [0, 0.1) is 0 Å². The first-order valence-electron chi connectivity index (χ1n) is 6.19. The summed E-state index contributed by atoms with van der Waals surface area (Å²) in [7, 11) is 0. The Morgan fingerprint density at radius 1 is 1.10 bits per heavy atom. The van der Waals surface area contributed by atoms with Crippen LogP contribution in [0.25, 0.3) is 10.2 Å². The van der Waals surface area contributed by atoms with Gasteiger partial charge in [-0.1, -0.05) is 29.5 Å². The second kappa shape index (κ2) is 6.02. The van der Waals surface area contributed by atoms with E-state index in [2.05, 4.69) is 15.6 Å². The maximum Gasteiger partial charge on any atom is 0.315 e. The summed E-state index contributed by atoms with van der Waals surface area (Å²) in [6, 6.07) is 11.4. The fourth-order valence-electron chi connectivity index (χ4n) is 1.74. The lowest BCUT2D eigenvalue weighted by Crippen LogP contribution is -2.34. The van der Waals surface area contributed by atoms with Gasteiger partial charge in [0.2, 0.25) is 0 Å². The van der Waals surface area contributed by atoms with E-state index in [4.69, 9.17) is 0 Å². The van der Waals surface area contributed by atoms with Crippen molar-refractivity contribution in [3.8, 4) is 0 Å². The second-order valence-corrected chi connectivity index (χ2v) is 6.27. The molecule has 3 rings (SSSR count). The molecule has 7 heteroatoms. The highest BCUT2D eigenvalue weighted by Gasteiger charge is 2.15. The molecule has 2 N–H and O–H groups in total. The predicted octanol–water partition coefficient (Wildman–Crippen LogP) is 2.61. The van der Waals surface area contributed by atoms with E-state index in [1.54, 1.807) is 0 Å². The van der Waals surface area contributed by atoms with Crippen LogP contribution in [0.3, 0.4) is 0 Å². The van der Waals surface area contributed by atoms with Crippen LogP contribution in [0.1, 0.15) is 4.88 Å². The lowest BCUT2D eigenvalue weighted by atomic mass is 10.3. The second-order valence-electron chi connectivity index (χ2n) is 4.20. The Bertz CT molecular complexity index is 747. The van der Waals surface area contributed by atoms with Crippen molar-refractivity contribution < 1.29 is 9.59 Å². The minimum absolute atomic E-state index is 0.351. The highest BCUT2D eigenvalue weighted by atomic mass is 32.1. The Labute approximate surface area is 128 Å². The molecule has 21 heavy (non-hydrogen) atoms. The first-order chi connectivity index (χ1) is 10.2. The smallest absolute Gasteiger partial charge is 0.315 e. The summed E-state index contributed by atoms with van der Waals surface area (Å²) in [5, 5.41) is 7.44. The van der Waals surface area contributed by atoms with Gasteiger partial charge in [-0.05, 0) is 23.6 Å². The van der Waals surface area contributed by atoms with Gasteiger partial charge in [-0.25, -0.2) is 4.98 Å². The first-order valence-corrected chi connectivity index (χ1v) is 7.89. The third-order valence-electron chi connectivity index (χ3n) is 2.72. The van der Waals surface area contributed by atoms with Crippen LogP contribution in [0.2, 0.25) is 0 Å². The monoisotopic (exact) mass is 317 g/mol. The molecule has 5 nitrogen and oxygen atoms in total. The van der Waals surface area contributed by atoms with Gasteiger partial charge in [0.25, 0.3) is 0 Å². The van der Waals surface area contributed by atoms with Crippen molar-refractivity contribution in [1.29, 1.82) is 0 Å². The number of rotatable bonds is 3. The lowest BCUT2D eigenvalue weighted by molar-refractivity contribution is -0.136. The number of benzene rings is 1. The molecule has 0 saturated carbocycles. The Morgan fingerprint density at radius 2 is 1.95 bits per heavy atom. The number of aromatic nitrogens is 1. The lowest BCUT2D eigenvalue weighted by Gasteiger charge is -2.02. The van der Waals surface area contributed by atoms with Gasteiger partial charge in [0, 0.05) is 4.88 Å². The number of anilines is 1. The number of amides is 2. The Balaban J connectivity index is 1.61. The molecule has 0 unspecified atom stereocenters. The van der Waals surface area contributed by atoms with Crippen LogP contribution < -0.4 is 10.6 Å². The number of fused-ring (bicyclic) bond motifs is 1. The zero-order valence-electron chi connectivity index (χ0n) is 10.8. The molecule has 1 aromatic carbocycles. The minimum atomic E-state index is -0.703. The van der Waals surface area contributed by atoms with Crippen LogP contribution in [0.15, 0.2) is 41.8 Å². The first kappa shape index (κ1) is 13.7. The maximum atomic E-state index is 11.8. The molecule has 106 valence electrons. The molecule has 0 aliphatic rings. The fourth-order valence-corrected chi connectivity index (χ4v) is 3.25. The summed E-state index contributed by atoms with van der Waals surface area (Å²) in [6.45, 7) is 0.351. The van der Waals surface area contributed by atoms with Gasteiger partial charge >= 0.3 is 11.8 Å². The molecule has 0 bridgehead atoms. The van der Waals surface area contributed by atoms with Crippen molar-refractivity contribution in [3.05, 3.63) is 46.7 Å². The van der Waals surface area contributed by atoms with Crippen LogP contribution in [0.5, 0.6) is 0 Å². The molecule has 0 aliphatic heterocycles. The predicted molar refractivity (Wildman–Crippen MR) is 84.4 cm³/mol. The largest absolute Gasteiger partial charge is 0.343 e. The van der Waals surface area contributed by atoms with Crippen molar-refractivity contribution in [3.63, 3.8) is 0 Å². The van der Waals surface area contributed by atoms with Crippen molar-refractivity contribution >= 4 is 49.8 Å². The van der Waals surface area contributed by atoms with Crippen LogP contribution in [0.4, 0.5) is 5.13 Å². The van der Waals surface area contributed by atoms with E-state index in [9.17, 15) is 9.59 Å². The number of hydrogen-bond acceptors (Lipinski definition) is 5. The molecule has 2 amide bonds. The summed E-state index contributed by atoms with van der Waals surface area (Å²) >= 11 is 2.86. The molecule has 0 fully saturated rings. The molecule has 0 saturated heterocycles. The third-order valence-corrected chi connectivity index (χ3v) is 4.55. The molecule has 2 aromatic heterocycles. The topological polar surface area (TPSA) is 71.1 Å². The van der Waals surface area contributed by atoms with Gasteiger partial charge in [-0.3, -0.25) is 14.9 Å². The third kappa shape index (κ3) is 3.26. The summed E-state index contributed by atoms with van der Waals surface area (Å²) in [6.07, 6.45) is 0. The zero-order valence-corrected chi connectivity index (χ0v) is 12.5.